The van der Waals surface area contributed by atoms with Crippen molar-refractivity contribution < 1.29 is 0 Å². The van der Waals surface area contributed by atoms with Gasteiger partial charge in [-0.1, -0.05) is 0 Å². The minimum absolute atomic E-state index is 0.829. The zero-order chi connectivity index (χ0) is 9.80. The minimum atomic E-state index is 0.829. The predicted octanol–water partition coefficient (Wildman–Crippen LogP) is 2.33. The molecule has 14 heavy (non-hydrogen) atoms. The molecule has 0 aliphatic carbocycles. The van der Waals surface area contributed by atoms with Gasteiger partial charge in [-0.25, -0.2) is 0 Å². The van der Waals surface area contributed by atoms with E-state index in [1.807, 2.05) is 24.7 Å². The van der Waals surface area contributed by atoms with E-state index in [2.05, 4.69) is 28.3 Å². The molecule has 0 atom stereocenters. The Morgan fingerprint density at radius 2 is 2.36 bits per heavy atom. The van der Waals surface area contributed by atoms with Gasteiger partial charge in [-0.2, -0.15) is 0 Å². The number of pyridine rings is 1. The van der Waals surface area contributed by atoms with Crippen molar-refractivity contribution in [3.05, 3.63) is 48.0 Å². The first-order valence-corrected chi connectivity index (χ1v) is 4.62. The molecule has 2 N–H and O–H groups in total. The molecule has 0 aliphatic rings. The summed E-state index contributed by atoms with van der Waals surface area (Å²) in [6, 6.07) is 4.05. The van der Waals surface area contributed by atoms with Crippen LogP contribution in [0.2, 0.25) is 0 Å². The summed E-state index contributed by atoms with van der Waals surface area (Å²) in [6.07, 6.45) is 7.56. The molecule has 3 heteroatoms. The van der Waals surface area contributed by atoms with Crippen molar-refractivity contribution in [3.8, 4) is 0 Å². The molecule has 0 fully saturated rings. The van der Waals surface area contributed by atoms with Gasteiger partial charge >= 0.3 is 0 Å². The number of aromatic amines is 1. The number of hydrogen-bond donors (Lipinski definition) is 2. The molecule has 2 heterocycles. The van der Waals surface area contributed by atoms with Gasteiger partial charge < -0.3 is 10.3 Å². The van der Waals surface area contributed by atoms with Gasteiger partial charge in [-0.05, 0) is 30.2 Å². The second-order valence-electron chi connectivity index (χ2n) is 3.26. The van der Waals surface area contributed by atoms with Crippen LogP contribution in [0.1, 0.15) is 11.1 Å². The Bertz CT molecular complexity index is 393. The molecule has 2 aromatic heterocycles. The second-order valence-corrected chi connectivity index (χ2v) is 3.26. The van der Waals surface area contributed by atoms with Crippen molar-refractivity contribution in [3.63, 3.8) is 0 Å². The number of aromatic nitrogens is 2. The van der Waals surface area contributed by atoms with Crippen molar-refractivity contribution in [1.82, 2.24) is 9.97 Å². The van der Waals surface area contributed by atoms with Crippen LogP contribution in [-0.4, -0.2) is 9.97 Å². The smallest absolute Gasteiger partial charge is 0.0559 e. The molecule has 0 unspecified atom stereocenters. The van der Waals surface area contributed by atoms with E-state index in [0.29, 0.717) is 0 Å². The average Bonchev–Trinajstić information content (AvgIpc) is 2.69. The van der Waals surface area contributed by atoms with Crippen LogP contribution in [0, 0.1) is 6.92 Å². The molecule has 0 aliphatic heterocycles. The standard InChI is InChI=1S/C11H13N3/c1-9-2-4-13-8-11(9)14-7-10-3-5-12-6-10/h2-6,8,12,14H,7H2,1H3. The summed E-state index contributed by atoms with van der Waals surface area (Å²) in [5.41, 5.74) is 3.55. The molecular formula is C11H13N3. The van der Waals surface area contributed by atoms with E-state index >= 15 is 0 Å². The Labute approximate surface area is 83.2 Å². The van der Waals surface area contributed by atoms with Gasteiger partial charge in [-0.3, -0.25) is 4.98 Å². The quantitative estimate of drug-likeness (QED) is 0.774. The number of rotatable bonds is 3. The number of hydrogen-bond acceptors (Lipinski definition) is 2. The lowest BCUT2D eigenvalue weighted by molar-refractivity contribution is 1.13. The number of nitrogens with zero attached hydrogens (tertiary/aromatic N) is 1. The fourth-order valence-corrected chi connectivity index (χ4v) is 1.31. The van der Waals surface area contributed by atoms with E-state index in [4.69, 9.17) is 0 Å². The molecule has 0 saturated carbocycles. The van der Waals surface area contributed by atoms with E-state index in [1.54, 1.807) is 6.20 Å². The van der Waals surface area contributed by atoms with Gasteiger partial charge in [0.1, 0.15) is 0 Å². The van der Waals surface area contributed by atoms with Gasteiger partial charge in [0.2, 0.25) is 0 Å². The topological polar surface area (TPSA) is 40.7 Å². The van der Waals surface area contributed by atoms with Gasteiger partial charge in [0, 0.05) is 25.1 Å². The lowest BCUT2D eigenvalue weighted by Crippen LogP contribution is -2.00. The van der Waals surface area contributed by atoms with Crippen LogP contribution in [0.25, 0.3) is 0 Å². The number of nitrogens with one attached hydrogen (secondary N) is 2. The first kappa shape index (κ1) is 8.81. The van der Waals surface area contributed by atoms with E-state index < -0.39 is 0 Å². The van der Waals surface area contributed by atoms with Crippen LogP contribution in [-0.2, 0) is 6.54 Å². The average molecular weight is 187 g/mol. The fraction of sp³-hybridized carbons (Fsp3) is 0.182. The summed E-state index contributed by atoms with van der Waals surface area (Å²) in [6.45, 7) is 2.90. The molecule has 2 rings (SSSR count). The van der Waals surface area contributed by atoms with E-state index in [-0.39, 0.29) is 0 Å². The third-order valence-corrected chi connectivity index (χ3v) is 2.18. The van der Waals surface area contributed by atoms with Crippen LogP contribution in [0.15, 0.2) is 36.9 Å². The maximum absolute atomic E-state index is 4.08. The third-order valence-electron chi connectivity index (χ3n) is 2.18. The van der Waals surface area contributed by atoms with Crippen LogP contribution in [0.5, 0.6) is 0 Å². The largest absolute Gasteiger partial charge is 0.379 e. The summed E-state index contributed by atoms with van der Waals surface area (Å²) in [5, 5.41) is 3.33. The zero-order valence-electron chi connectivity index (χ0n) is 8.12. The first-order valence-electron chi connectivity index (χ1n) is 4.62. The Kier molecular flexibility index (Phi) is 2.49. The highest BCUT2D eigenvalue weighted by Gasteiger charge is 1.96. The van der Waals surface area contributed by atoms with Gasteiger partial charge in [0.15, 0.2) is 0 Å². The Hall–Kier alpha value is -1.77. The fourth-order valence-electron chi connectivity index (χ4n) is 1.31. The maximum atomic E-state index is 4.08. The van der Waals surface area contributed by atoms with Gasteiger partial charge in [-0.15, -0.1) is 0 Å². The highest BCUT2D eigenvalue weighted by Crippen LogP contribution is 2.12. The molecule has 0 bridgehead atoms. The molecule has 0 spiro atoms. The zero-order valence-corrected chi connectivity index (χ0v) is 8.12. The third kappa shape index (κ3) is 1.93. The molecule has 2 aromatic rings. The molecule has 0 radical (unpaired) electrons. The lowest BCUT2D eigenvalue weighted by atomic mass is 10.2. The first-order chi connectivity index (χ1) is 6.86. The SMILES string of the molecule is Cc1ccncc1NCc1cc[nH]c1. The van der Waals surface area contributed by atoms with E-state index in [0.717, 1.165) is 12.2 Å². The number of aryl methyl sites for hydroxylation is 1. The normalized spacial score (nSPS) is 10.1. The van der Waals surface area contributed by atoms with E-state index in [9.17, 15) is 0 Å². The Morgan fingerprint density at radius 3 is 3.07 bits per heavy atom. The Morgan fingerprint density at radius 1 is 1.43 bits per heavy atom. The van der Waals surface area contributed by atoms with E-state index in [1.165, 1.54) is 11.1 Å². The monoisotopic (exact) mass is 187 g/mol. The molecular weight excluding hydrogens is 174 g/mol. The van der Waals surface area contributed by atoms with Gasteiger partial charge in [0.05, 0.1) is 11.9 Å². The second kappa shape index (κ2) is 3.96. The van der Waals surface area contributed by atoms with Crippen LogP contribution >= 0.6 is 0 Å². The number of H-pyrrole nitrogens is 1. The van der Waals surface area contributed by atoms with Crippen molar-refractivity contribution in [2.45, 2.75) is 13.5 Å². The molecule has 0 aromatic carbocycles. The summed E-state index contributed by atoms with van der Waals surface area (Å²) < 4.78 is 0. The van der Waals surface area contributed by atoms with Crippen LogP contribution < -0.4 is 5.32 Å². The minimum Gasteiger partial charge on any atom is -0.379 e. The highest BCUT2D eigenvalue weighted by atomic mass is 14.9. The molecule has 3 nitrogen and oxygen atoms in total. The molecule has 0 saturated heterocycles. The summed E-state index contributed by atoms with van der Waals surface area (Å²) in [5.74, 6) is 0. The summed E-state index contributed by atoms with van der Waals surface area (Å²) >= 11 is 0. The summed E-state index contributed by atoms with van der Waals surface area (Å²) in [4.78, 5) is 7.10. The Balaban J connectivity index is 2.02. The van der Waals surface area contributed by atoms with Crippen molar-refractivity contribution >= 4 is 5.69 Å². The number of anilines is 1. The van der Waals surface area contributed by atoms with Crippen molar-refractivity contribution in [2.75, 3.05) is 5.32 Å². The van der Waals surface area contributed by atoms with Crippen LogP contribution in [0.3, 0.4) is 0 Å². The van der Waals surface area contributed by atoms with Crippen LogP contribution in [0.4, 0.5) is 5.69 Å². The van der Waals surface area contributed by atoms with Crippen molar-refractivity contribution in [1.29, 1.82) is 0 Å². The summed E-state index contributed by atoms with van der Waals surface area (Å²) in [7, 11) is 0. The van der Waals surface area contributed by atoms with Crippen molar-refractivity contribution in [2.24, 2.45) is 0 Å². The van der Waals surface area contributed by atoms with Gasteiger partial charge in [0.25, 0.3) is 0 Å². The lowest BCUT2D eigenvalue weighted by Gasteiger charge is -2.06. The highest BCUT2D eigenvalue weighted by molar-refractivity contribution is 5.48. The molecule has 0 amide bonds. The molecule has 72 valence electrons. The maximum Gasteiger partial charge on any atom is 0.0559 e. The predicted molar refractivity (Wildman–Crippen MR) is 57.1 cm³/mol.